The second kappa shape index (κ2) is 6.16. The molecular weight excluding hydrogens is 680 g/mol. The molecule has 0 radical (unpaired) electrons. The Balaban J connectivity index is 2.63. The topological polar surface area (TPSA) is 52.0 Å². The summed E-state index contributed by atoms with van der Waals surface area (Å²) in [6.07, 6.45) is 0. The van der Waals surface area contributed by atoms with Gasteiger partial charge >= 0.3 is 0 Å². The lowest BCUT2D eigenvalue weighted by Gasteiger charge is -2.10. The van der Waals surface area contributed by atoms with Crippen LogP contribution in [0.15, 0.2) is 24.3 Å². The van der Waals surface area contributed by atoms with E-state index >= 15 is 0 Å². The van der Waals surface area contributed by atoms with Gasteiger partial charge in [-0.25, -0.2) is 0 Å². The van der Waals surface area contributed by atoms with Crippen molar-refractivity contribution >= 4 is 102 Å². The molecule has 0 saturated heterocycles. The zero-order chi connectivity index (χ0) is 13.4. The first-order valence-corrected chi connectivity index (χ1v) is 9.21. The number of benzene rings is 2. The Labute approximate surface area is 160 Å². The Bertz CT molecular complexity index is 524. The highest BCUT2D eigenvalue weighted by molar-refractivity contribution is 14.1. The first-order valence-electron chi connectivity index (χ1n) is 4.89. The Kier molecular flexibility index (Phi) is 5.25. The van der Waals surface area contributed by atoms with Crippen LogP contribution in [0.5, 0.6) is 0 Å². The summed E-state index contributed by atoms with van der Waals surface area (Å²) in [6.45, 7) is 0. The average Bonchev–Trinajstić information content (AvgIpc) is 2.31. The minimum atomic E-state index is 0.847. The van der Waals surface area contributed by atoms with Crippen LogP contribution in [0.4, 0.5) is 11.4 Å². The van der Waals surface area contributed by atoms with Crippen molar-refractivity contribution in [2.75, 3.05) is 11.5 Å². The molecule has 0 aliphatic rings. The third kappa shape index (κ3) is 3.16. The van der Waals surface area contributed by atoms with E-state index in [1.807, 2.05) is 0 Å². The van der Waals surface area contributed by atoms with E-state index < -0.39 is 0 Å². The van der Waals surface area contributed by atoms with Gasteiger partial charge in [0.1, 0.15) is 0 Å². The first kappa shape index (κ1) is 15.4. The number of nitrogen functional groups attached to an aromatic ring is 2. The van der Waals surface area contributed by atoms with Gasteiger partial charge in [-0.2, -0.15) is 0 Å². The molecule has 6 heteroatoms. The molecule has 0 unspecified atom stereocenters. The number of rotatable bonds is 1. The van der Waals surface area contributed by atoms with E-state index in [2.05, 4.69) is 115 Å². The molecule has 0 fully saturated rings. The molecule has 0 amide bonds. The molecule has 2 aromatic rings. The highest BCUT2D eigenvalue weighted by atomic mass is 127. The zero-order valence-electron chi connectivity index (χ0n) is 8.98. The highest BCUT2D eigenvalue weighted by Crippen LogP contribution is 2.33. The lowest BCUT2D eigenvalue weighted by atomic mass is 10.1. The van der Waals surface area contributed by atoms with E-state index in [0.717, 1.165) is 25.7 Å². The number of halogens is 4. The van der Waals surface area contributed by atoms with Crippen molar-refractivity contribution in [2.45, 2.75) is 0 Å². The molecule has 0 aliphatic heterocycles. The summed E-state index contributed by atoms with van der Waals surface area (Å²) in [4.78, 5) is 0. The average molecular weight is 688 g/mol. The van der Waals surface area contributed by atoms with Crippen molar-refractivity contribution < 1.29 is 0 Å². The van der Waals surface area contributed by atoms with Gasteiger partial charge in [-0.05, 0) is 126 Å². The van der Waals surface area contributed by atoms with Crippen LogP contribution in [0, 0.1) is 14.3 Å². The van der Waals surface area contributed by atoms with Gasteiger partial charge in [0, 0.05) is 14.3 Å². The molecule has 0 heterocycles. The SMILES string of the molecule is Nc1c(I)cc(-c2cc(I)c(N)c(I)c2)cc1I. The van der Waals surface area contributed by atoms with Crippen LogP contribution >= 0.6 is 90.4 Å². The lowest BCUT2D eigenvalue weighted by Crippen LogP contribution is -1.96. The maximum atomic E-state index is 5.97. The molecule has 4 N–H and O–H groups in total. The summed E-state index contributed by atoms with van der Waals surface area (Å²) >= 11 is 9.07. The molecule has 94 valence electrons. The second-order valence-electron chi connectivity index (χ2n) is 3.71. The smallest absolute Gasteiger partial charge is 0.0585 e. The fraction of sp³-hybridized carbons (Fsp3) is 0. The van der Waals surface area contributed by atoms with E-state index in [4.69, 9.17) is 11.5 Å². The van der Waals surface area contributed by atoms with Crippen molar-refractivity contribution in [2.24, 2.45) is 0 Å². The number of hydrogen-bond donors (Lipinski definition) is 2. The van der Waals surface area contributed by atoms with Crippen molar-refractivity contribution in [3.8, 4) is 11.1 Å². The molecule has 2 rings (SSSR count). The second-order valence-corrected chi connectivity index (χ2v) is 8.36. The largest absolute Gasteiger partial charge is 0.397 e. The van der Waals surface area contributed by atoms with Crippen LogP contribution in [-0.4, -0.2) is 0 Å². The maximum Gasteiger partial charge on any atom is 0.0585 e. The van der Waals surface area contributed by atoms with Gasteiger partial charge in [0.15, 0.2) is 0 Å². The first-order chi connectivity index (χ1) is 8.40. The predicted molar refractivity (Wildman–Crippen MR) is 112 cm³/mol. The summed E-state index contributed by atoms with van der Waals surface area (Å²) in [5.74, 6) is 0. The van der Waals surface area contributed by atoms with E-state index in [-0.39, 0.29) is 0 Å². The molecule has 0 aromatic heterocycles. The Morgan fingerprint density at radius 1 is 0.556 bits per heavy atom. The fourth-order valence-corrected chi connectivity index (χ4v) is 5.04. The third-order valence-corrected chi connectivity index (χ3v) is 6.06. The van der Waals surface area contributed by atoms with E-state index in [9.17, 15) is 0 Å². The minimum Gasteiger partial charge on any atom is -0.397 e. The van der Waals surface area contributed by atoms with Gasteiger partial charge < -0.3 is 11.5 Å². The van der Waals surface area contributed by atoms with Crippen molar-refractivity contribution in [1.29, 1.82) is 0 Å². The number of nitrogens with two attached hydrogens (primary N) is 2. The van der Waals surface area contributed by atoms with Gasteiger partial charge in [0.2, 0.25) is 0 Å². The van der Waals surface area contributed by atoms with E-state index in [0.29, 0.717) is 0 Å². The van der Waals surface area contributed by atoms with Gasteiger partial charge in [-0.1, -0.05) is 0 Å². The lowest BCUT2D eigenvalue weighted by molar-refractivity contribution is 1.52. The summed E-state index contributed by atoms with van der Waals surface area (Å²) in [5.41, 5.74) is 16.0. The number of hydrogen-bond acceptors (Lipinski definition) is 2. The molecule has 0 bridgehead atoms. The summed E-state index contributed by atoms with van der Waals surface area (Å²) in [7, 11) is 0. The predicted octanol–water partition coefficient (Wildman–Crippen LogP) is 4.94. The quantitative estimate of drug-likeness (QED) is 0.330. The summed E-state index contributed by atoms with van der Waals surface area (Å²) in [5, 5.41) is 0. The normalized spacial score (nSPS) is 10.7. The van der Waals surface area contributed by atoms with Crippen LogP contribution in [0.1, 0.15) is 0 Å². The molecule has 2 nitrogen and oxygen atoms in total. The van der Waals surface area contributed by atoms with Crippen LogP contribution in [0.2, 0.25) is 0 Å². The summed E-state index contributed by atoms with van der Waals surface area (Å²) in [6, 6.07) is 8.43. The molecule has 2 aromatic carbocycles. The highest BCUT2D eigenvalue weighted by Gasteiger charge is 2.09. The van der Waals surface area contributed by atoms with E-state index in [1.165, 1.54) is 11.1 Å². The van der Waals surface area contributed by atoms with Gasteiger partial charge in [0.25, 0.3) is 0 Å². The monoisotopic (exact) mass is 688 g/mol. The Morgan fingerprint density at radius 3 is 1.00 bits per heavy atom. The van der Waals surface area contributed by atoms with E-state index in [1.54, 1.807) is 0 Å². The van der Waals surface area contributed by atoms with Crippen LogP contribution in [-0.2, 0) is 0 Å². The molecule has 0 spiro atoms. The van der Waals surface area contributed by atoms with Crippen molar-refractivity contribution in [3.63, 3.8) is 0 Å². The van der Waals surface area contributed by atoms with Crippen LogP contribution in [0.25, 0.3) is 11.1 Å². The van der Waals surface area contributed by atoms with Gasteiger partial charge in [-0.15, -0.1) is 0 Å². The van der Waals surface area contributed by atoms with Gasteiger partial charge in [-0.3, -0.25) is 0 Å². The zero-order valence-corrected chi connectivity index (χ0v) is 17.6. The molecule has 18 heavy (non-hydrogen) atoms. The molecule has 0 aliphatic carbocycles. The summed E-state index contributed by atoms with van der Waals surface area (Å²) < 4.78 is 4.32. The third-order valence-electron chi connectivity index (χ3n) is 2.49. The van der Waals surface area contributed by atoms with Crippen LogP contribution < -0.4 is 11.5 Å². The van der Waals surface area contributed by atoms with Crippen molar-refractivity contribution in [1.82, 2.24) is 0 Å². The number of anilines is 2. The molecule has 0 atom stereocenters. The molecule has 0 saturated carbocycles. The maximum absolute atomic E-state index is 5.97. The molecular formula is C12H8I4N2. The Morgan fingerprint density at radius 2 is 0.778 bits per heavy atom. The van der Waals surface area contributed by atoms with Crippen LogP contribution in [0.3, 0.4) is 0 Å². The minimum absolute atomic E-state index is 0.847. The van der Waals surface area contributed by atoms with Crippen molar-refractivity contribution in [3.05, 3.63) is 38.5 Å². The van der Waals surface area contributed by atoms with Gasteiger partial charge in [0.05, 0.1) is 11.4 Å². The Hall–Kier alpha value is 0.960. The standard InChI is InChI=1S/C12H8I4N2/c13-7-1-5(2-8(14)11(7)17)6-3-9(15)12(18)10(16)4-6/h1-4H,17-18H2. The fourth-order valence-electron chi connectivity index (χ4n) is 1.50.